The summed E-state index contributed by atoms with van der Waals surface area (Å²) in [5.41, 5.74) is -1.22. The van der Waals surface area contributed by atoms with Crippen molar-refractivity contribution in [3.05, 3.63) is 53.6 Å². The van der Waals surface area contributed by atoms with Crippen molar-refractivity contribution in [2.45, 2.75) is 36.4 Å². The number of amides is 1. The Kier molecular flexibility index (Phi) is 6.80. The molecule has 34 heavy (non-hydrogen) atoms. The Balaban J connectivity index is 1.73. The highest BCUT2D eigenvalue weighted by atomic mass is 32.2. The van der Waals surface area contributed by atoms with Gasteiger partial charge in [-0.3, -0.25) is 4.79 Å². The number of rotatable bonds is 6. The van der Waals surface area contributed by atoms with Crippen LogP contribution in [0.4, 0.5) is 26.3 Å². The number of carbonyl (C=O) groups is 1. The number of nitrogens with zero attached hydrogens (tertiary/aromatic N) is 1. The molecule has 1 heterocycles. The van der Waals surface area contributed by atoms with E-state index in [4.69, 9.17) is 9.47 Å². The van der Waals surface area contributed by atoms with E-state index in [0.717, 1.165) is 55.6 Å². The number of benzene rings is 2. The van der Waals surface area contributed by atoms with Crippen LogP contribution in [0.15, 0.2) is 47.4 Å². The molecule has 0 radical (unpaired) electrons. The second-order valence-electron chi connectivity index (χ2n) is 7.70. The summed E-state index contributed by atoms with van der Waals surface area (Å²) in [6.45, 7) is 0.713. The van der Waals surface area contributed by atoms with Gasteiger partial charge in [-0.15, -0.1) is 0 Å². The first-order valence-corrected chi connectivity index (χ1v) is 11.7. The highest BCUT2D eigenvalue weighted by Gasteiger charge is 2.40. The number of hydrogen-bond acceptors (Lipinski definition) is 5. The molecule has 0 N–H and O–H groups in total. The highest BCUT2D eigenvalue weighted by Crippen LogP contribution is 2.32. The Labute approximate surface area is 191 Å². The summed E-state index contributed by atoms with van der Waals surface area (Å²) in [4.78, 5) is 13.8. The van der Waals surface area contributed by atoms with Crippen molar-refractivity contribution in [3.63, 3.8) is 0 Å². The van der Waals surface area contributed by atoms with Crippen LogP contribution in [0.1, 0.15) is 22.8 Å². The molecule has 13 heteroatoms. The smallest absolute Gasteiger partial charge is 0.425 e. The number of likely N-dealkylation sites (tertiary alicyclic amines) is 1. The largest absolute Gasteiger partial charge is 0.487 e. The van der Waals surface area contributed by atoms with Crippen molar-refractivity contribution < 1.29 is 49.0 Å². The van der Waals surface area contributed by atoms with Crippen molar-refractivity contribution in [2.24, 2.45) is 0 Å². The van der Waals surface area contributed by atoms with E-state index in [1.165, 1.54) is 4.90 Å². The van der Waals surface area contributed by atoms with E-state index < -0.39 is 51.6 Å². The molecule has 0 unspecified atom stereocenters. The van der Waals surface area contributed by atoms with Crippen molar-refractivity contribution in [2.75, 3.05) is 19.3 Å². The molecule has 1 fully saturated rings. The lowest BCUT2D eigenvalue weighted by molar-refractivity contribution is -0.189. The van der Waals surface area contributed by atoms with Crippen LogP contribution in [0.2, 0.25) is 0 Å². The van der Waals surface area contributed by atoms with E-state index in [2.05, 4.69) is 0 Å². The van der Waals surface area contributed by atoms with Gasteiger partial charge in [0.1, 0.15) is 17.6 Å². The maximum absolute atomic E-state index is 12.9. The minimum Gasteiger partial charge on any atom is -0.487 e. The van der Waals surface area contributed by atoms with Crippen molar-refractivity contribution in [3.8, 4) is 11.5 Å². The summed E-state index contributed by atoms with van der Waals surface area (Å²) >= 11 is 0. The topological polar surface area (TPSA) is 72.9 Å². The molecule has 1 aliphatic rings. The molecule has 186 valence electrons. The molecule has 1 amide bonds. The minimum atomic E-state index is -4.72. The molecule has 6 nitrogen and oxygen atoms in total. The Bertz CT molecular complexity index is 1160. The first kappa shape index (κ1) is 25.7. The zero-order valence-corrected chi connectivity index (χ0v) is 18.6. The Morgan fingerprint density at radius 2 is 1.62 bits per heavy atom. The molecular formula is C21H19F6NO5S. The number of alkyl halides is 6. The average Bonchev–Trinajstić information content (AvgIpc) is 2.68. The summed E-state index contributed by atoms with van der Waals surface area (Å²) in [5, 5.41) is 0. The summed E-state index contributed by atoms with van der Waals surface area (Å²) in [6, 6.07) is 6.93. The average molecular weight is 511 g/mol. The van der Waals surface area contributed by atoms with E-state index >= 15 is 0 Å². The SMILES string of the molecule is C[C@@H](Oc1ccc(S(C)(=O)=O)cc1C(=O)N1CC(Oc2ccc(C(F)(F)F)cc2)C1)C(F)(F)F. The van der Waals surface area contributed by atoms with Crippen molar-refractivity contribution in [1.82, 2.24) is 4.90 Å². The maximum atomic E-state index is 12.9. The predicted molar refractivity (Wildman–Crippen MR) is 107 cm³/mol. The summed E-state index contributed by atoms with van der Waals surface area (Å²) in [7, 11) is -3.77. The summed E-state index contributed by atoms with van der Waals surface area (Å²) in [5.74, 6) is -1.07. The van der Waals surface area contributed by atoms with Gasteiger partial charge in [-0.05, 0) is 49.4 Å². The van der Waals surface area contributed by atoms with Crippen LogP contribution in [0.5, 0.6) is 11.5 Å². The van der Waals surface area contributed by atoms with Crippen LogP contribution < -0.4 is 9.47 Å². The van der Waals surface area contributed by atoms with E-state index in [9.17, 15) is 39.6 Å². The minimum absolute atomic E-state index is 0.0166. The number of ether oxygens (including phenoxy) is 2. The Morgan fingerprint density at radius 3 is 2.12 bits per heavy atom. The molecule has 1 atom stereocenters. The fraction of sp³-hybridized carbons (Fsp3) is 0.381. The molecule has 0 saturated carbocycles. The molecule has 0 aliphatic carbocycles. The lowest BCUT2D eigenvalue weighted by Crippen LogP contribution is -2.56. The third kappa shape index (κ3) is 5.93. The Hall–Kier alpha value is -2.96. The van der Waals surface area contributed by atoms with Gasteiger partial charge in [-0.25, -0.2) is 8.42 Å². The third-order valence-electron chi connectivity index (χ3n) is 4.99. The van der Waals surface area contributed by atoms with Gasteiger partial charge >= 0.3 is 12.4 Å². The second-order valence-corrected chi connectivity index (χ2v) is 9.72. The van der Waals surface area contributed by atoms with Crippen LogP contribution in [-0.2, 0) is 16.0 Å². The molecular weight excluding hydrogens is 492 g/mol. The van der Waals surface area contributed by atoms with Gasteiger partial charge in [0.25, 0.3) is 5.91 Å². The molecule has 1 aliphatic heterocycles. The third-order valence-corrected chi connectivity index (χ3v) is 6.10. The second kappa shape index (κ2) is 9.01. The number of halogens is 6. The molecule has 2 aromatic rings. The molecule has 0 spiro atoms. The quantitative estimate of drug-likeness (QED) is 0.540. The fourth-order valence-electron chi connectivity index (χ4n) is 3.03. The number of sulfone groups is 1. The van der Waals surface area contributed by atoms with E-state index in [-0.39, 0.29) is 29.3 Å². The highest BCUT2D eigenvalue weighted by molar-refractivity contribution is 7.90. The first-order valence-electron chi connectivity index (χ1n) is 9.76. The zero-order chi connectivity index (χ0) is 25.5. The molecule has 1 saturated heterocycles. The summed E-state index contributed by atoms with van der Waals surface area (Å²) < 4.78 is 111. The standard InChI is InChI=1S/C21H19F6NO5S/c1-12(20(22,23)24)32-18-8-7-16(34(2,30)31)9-17(18)19(29)28-10-15(11-28)33-14-5-3-13(4-6-14)21(25,26)27/h3-9,12,15H,10-11H2,1-2H3/t12-/m1/s1. The van der Waals surface area contributed by atoms with Gasteiger partial charge in [0, 0.05) is 6.26 Å². The molecule has 2 aromatic carbocycles. The fourth-order valence-corrected chi connectivity index (χ4v) is 3.68. The van der Waals surface area contributed by atoms with Gasteiger partial charge in [0.05, 0.1) is 29.1 Å². The van der Waals surface area contributed by atoms with E-state index in [0.29, 0.717) is 0 Å². The monoisotopic (exact) mass is 511 g/mol. The molecule has 0 bridgehead atoms. The van der Waals surface area contributed by atoms with Gasteiger partial charge in [-0.2, -0.15) is 26.3 Å². The van der Waals surface area contributed by atoms with Gasteiger partial charge < -0.3 is 14.4 Å². The Morgan fingerprint density at radius 1 is 1.03 bits per heavy atom. The normalized spacial score (nSPS) is 16.1. The van der Waals surface area contributed by atoms with E-state index in [1.807, 2.05) is 0 Å². The lowest BCUT2D eigenvalue weighted by atomic mass is 10.1. The summed E-state index contributed by atoms with van der Waals surface area (Å²) in [6.07, 6.45) is -11.2. The maximum Gasteiger partial charge on any atom is 0.425 e. The van der Waals surface area contributed by atoms with Crippen molar-refractivity contribution >= 4 is 15.7 Å². The van der Waals surface area contributed by atoms with Gasteiger partial charge in [0.15, 0.2) is 15.9 Å². The van der Waals surface area contributed by atoms with Crippen LogP contribution in [0.3, 0.4) is 0 Å². The zero-order valence-electron chi connectivity index (χ0n) is 17.8. The van der Waals surface area contributed by atoms with Crippen LogP contribution in [-0.4, -0.2) is 57.0 Å². The van der Waals surface area contributed by atoms with E-state index in [1.54, 1.807) is 0 Å². The molecule has 3 rings (SSSR count). The van der Waals surface area contributed by atoms with Gasteiger partial charge in [0.2, 0.25) is 0 Å². The van der Waals surface area contributed by atoms with Gasteiger partial charge in [-0.1, -0.05) is 0 Å². The number of hydrogen-bond donors (Lipinski definition) is 0. The van der Waals surface area contributed by atoms with Crippen LogP contribution in [0, 0.1) is 0 Å². The number of carbonyl (C=O) groups excluding carboxylic acids is 1. The van der Waals surface area contributed by atoms with Crippen LogP contribution >= 0.6 is 0 Å². The van der Waals surface area contributed by atoms with Crippen molar-refractivity contribution in [1.29, 1.82) is 0 Å². The predicted octanol–water partition coefficient (Wildman–Crippen LogP) is 4.34. The lowest BCUT2D eigenvalue weighted by Gasteiger charge is -2.39. The van der Waals surface area contributed by atoms with Crippen LogP contribution in [0.25, 0.3) is 0 Å². The molecule has 0 aromatic heterocycles. The first-order chi connectivity index (χ1) is 15.6.